The first-order chi connectivity index (χ1) is 9.77. The van der Waals surface area contributed by atoms with E-state index < -0.39 is 29.0 Å². The molecule has 120 valence electrons. The van der Waals surface area contributed by atoms with E-state index in [1.807, 2.05) is 0 Å². The molecule has 0 heterocycles. The van der Waals surface area contributed by atoms with E-state index in [2.05, 4.69) is 15.0 Å². The van der Waals surface area contributed by atoms with Crippen molar-refractivity contribution in [3.63, 3.8) is 0 Å². The van der Waals surface area contributed by atoms with Crippen LogP contribution in [0.4, 0.5) is 0 Å². The SMILES string of the molecule is COC(=O)[C@@H](CCCN=C(N)N[N+](=O)[O-])NC(=O)[C@@H](C)N. The summed E-state index contributed by atoms with van der Waals surface area (Å²) in [7, 11) is 1.20. The molecule has 0 spiro atoms. The Morgan fingerprint density at radius 2 is 2.10 bits per heavy atom. The van der Waals surface area contributed by atoms with Crippen molar-refractivity contribution < 1.29 is 19.4 Å². The number of nitro groups is 1. The Hall–Kier alpha value is -2.43. The van der Waals surface area contributed by atoms with Gasteiger partial charge < -0.3 is 21.5 Å². The molecular formula is C10H20N6O5. The Balaban J connectivity index is 4.34. The summed E-state index contributed by atoms with van der Waals surface area (Å²) in [5, 5.41) is 11.7. The molecule has 0 saturated carbocycles. The number of nitrogens with zero attached hydrogens (tertiary/aromatic N) is 2. The first-order valence-corrected chi connectivity index (χ1v) is 6.12. The molecule has 0 aromatic rings. The fraction of sp³-hybridized carbons (Fsp3) is 0.700. The number of hydrogen-bond acceptors (Lipinski definition) is 7. The highest BCUT2D eigenvalue weighted by Crippen LogP contribution is 2.01. The number of guanidine groups is 1. The van der Waals surface area contributed by atoms with Crippen molar-refractivity contribution in [1.29, 1.82) is 0 Å². The summed E-state index contributed by atoms with van der Waals surface area (Å²) in [5.41, 5.74) is 12.3. The molecular weight excluding hydrogens is 284 g/mol. The molecule has 0 aromatic carbocycles. The monoisotopic (exact) mass is 304 g/mol. The van der Waals surface area contributed by atoms with E-state index in [-0.39, 0.29) is 18.9 Å². The minimum absolute atomic E-state index is 0.147. The first kappa shape index (κ1) is 18.6. The normalized spacial score (nSPS) is 14.0. The van der Waals surface area contributed by atoms with Gasteiger partial charge in [-0.25, -0.2) is 19.9 Å². The summed E-state index contributed by atoms with van der Waals surface area (Å²) in [6.45, 7) is 1.63. The third kappa shape index (κ3) is 8.36. The molecule has 0 aromatic heterocycles. The number of rotatable bonds is 8. The lowest BCUT2D eigenvalue weighted by Crippen LogP contribution is -2.47. The summed E-state index contributed by atoms with van der Waals surface area (Å²) in [6.07, 6.45) is 0.597. The third-order valence-electron chi connectivity index (χ3n) is 2.35. The fourth-order valence-electron chi connectivity index (χ4n) is 1.32. The predicted octanol–water partition coefficient (Wildman–Crippen LogP) is -2.13. The van der Waals surface area contributed by atoms with E-state index in [0.29, 0.717) is 6.42 Å². The summed E-state index contributed by atoms with van der Waals surface area (Å²) >= 11 is 0. The Kier molecular flexibility index (Phi) is 8.37. The highest BCUT2D eigenvalue weighted by atomic mass is 16.7. The minimum atomic E-state index is -0.853. The summed E-state index contributed by atoms with van der Waals surface area (Å²) in [4.78, 5) is 36.7. The van der Waals surface area contributed by atoms with Crippen molar-refractivity contribution in [2.45, 2.75) is 31.8 Å². The summed E-state index contributed by atoms with van der Waals surface area (Å²) < 4.78 is 4.57. The zero-order valence-electron chi connectivity index (χ0n) is 11.9. The van der Waals surface area contributed by atoms with Gasteiger partial charge in [0.15, 0.2) is 5.03 Å². The number of hydrogen-bond donors (Lipinski definition) is 4. The molecule has 1 amide bonds. The van der Waals surface area contributed by atoms with Crippen LogP contribution in [0.15, 0.2) is 4.99 Å². The van der Waals surface area contributed by atoms with E-state index >= 15 is 0 Å². The second-order valence-electron chi connectivity index (χ2n) is 4.15. The van der Waals surface area contributed by atoms with Crippen molar-refractivity contribution >= 4 is 17.8 Å². The molecule has 0 saturated heterocycles. The van der Waals surface area contributed by atoms with Crippen LogP contribution in [0.2, 0.25) is 0 Å². The first-order valence-electron chi connectivity index (χ1n) is 6.12. The van der Waals surface area contributed by atoms with Crippen LogP contribution < -0.4 is 22.2 Å². The van der Waals surface area contributed by atoms with Crippen LogP contribution in [0.5, 0.6) is 0 Å². The molecule has 0 rings (SSSR count). The number of amides is 1. The van der Waals surface area contributed by atoms with E-state index in [1.54, 1.807) is 5.43 Å². The van der Waals surface area contributed by atoms with Gasteiger partial charge in [-0.1, -0.05) is 5.43 Å². The molecule has 0 bridgehead atoms. The number of esters is 1. The van der Waals surface area contributed by atoms with Crippen LogP contribution in [0.1, 0.15) is 19.8 Å². The molecule has 0 aliphatic rings. The van der Waals surface area contributed by atoms with Gasteiger partial charge in [-0.2, -0.15) is 0 Å². The van der Waals surface area contributed by atoms with E-state index in [4.69, 9.17) is 11.5 Å². The zero-order valence-corrected chi connectivity index (χ0v) is 11.9. The quantitative estimate of drug-likeness (QED) is 0.0981. The lowest BCUT2D eigenvalue weighted by molar-refractivity contribution is -0.525. The molecule has 0 radical (unpaired) electrons. The Morgan fingerprint density at radius 3 is 2.57 bits per heavy atom. The van der Waals surface area contributed by atoms with Crippen LogP contribution in [0.3, 0.4) is 0 Å². The molecule has 0 aliphatic carbocycles. The molecule has 0 fully saturated rings. The number of carbonyl (C=O) groups is 2. The third-order valence-corrected chi connectivity index (χ3v) is 2.35. The van der Waals surface area contributed by atoms with Crippen molar-refractivity contribution in [1.82, 2.24) is 10.7 Å². The van der Waals surface area contributed by atoms with Crippen LogP contribution in [0.25, 0.3) is 0 Å². The van der Waals surface area contributed by atoms with E-state index in [1.165, 1.54) is 14.0 Å². The van der Waals surface area contributed by atoms with Crippen LogP contribution in [0, 0.1) is 10.1 Å². The summed E-state index contributed by atoms with van der Waals surface area (Å²) in [5.74, 6) is -1.43. The number of hydrazine groups is 1. The number of methoxy groups -OCH3 is 1. The van der Waals surface area contributed by atoms with Crippen LogP contribution in [-0.2, 0) is 14.3 Å². The molecule has 6 N–H and O–H groups in total. The Bertz CT molecular complexity index is 411. The average molecular weight is 304 g/mol. The number of aliphatic imine (C=N–C) groups is 1. The Labute approximate surface area is 121 Å². The topological polar surface area (TPSA) is 175 Å². The van der Waals surface area contributed by atoms with Gasteiger partial charge in [0.05, 0.1) is 13.2 Å². The van der Waals surface area contributed by atoms with Gasteiger partial charge in [0, 0.05) is 6.54 Å². The molecule has 21 heavy (non-hydrogen) atoms. The van der Waals surface area contributed by atoms with Crippen molar-refractivity contribution in [3.8, 4) is 0 Å². The van der Waals surface area contributed by atoms with Crippen molar-refractivity contribution in [2.24, 2.45) is 16.5 Å². The zero-order chi connectivity index (χ0) is 16.4. The van der Waals surface area contributed by atoms with Gasteiger partial charge in [-0.15, -0.1) is 0 Å². The van der Waals surface area contributed by atoms with Gasteiger partial charge >= 0.3 is 5.97 Å². The predicted molar refractivity (Wildman–Crippen MR) is 73.4 cm³/mol. The smallest absolute Gasteiger partial charge is 0.328 e. The molecule has 11 nitrogen and oxygen atoms in total. The second-order valence-corrected chi connectivity index (χ2v) is 4.15. The molecule has 0 unspecified atom stereocenters. The molecule has 11 heteroatoms. The summed E-state index contributed by atoms with van der Waals surface area (Å²) in [6, 6.07) is -1.61. The lowest BCUT2D eigenvalue weighted by Gasteiger charge is -2.17. The number of ether oxygens (including phenoxy) is 1. The average Bonchev–Trinajstić information content (AvgIpc) is 2.39. The Morgan fingerprint density at radius 1 is 1.48 bits per heavy atom. The van der Waals surface area contributed by atoms with Crippen molar-refractivity contribution in [2.75, 3.05) is 13.7 Å². The lowest BCUT2D eigenvalue weighted by atomic mass is 10.1. The van der Waals surface area contributed by atoms with Crippen LogP contribution >= 0.6 is 0 Å². The standard InChI is InChI=1S/C10H20N6O5/c1-6(11)8(17)14-7(9(18)21-2)4-3-5-13-10(12)15-16(19)20/h6-7H,3-5,11H2,1-2H3,(H,14,17)(H3,12,13,15)/t6-,7-/m1/s1. The number of nitrogens with two attached hydrogens (primary N) is 2. The van der Waals surface area contributed by atoms with E-state index in [0.717, 1.165) is 0 Å². The minimum Gasteiger partial charge on any atom is -0.467 e. The molecule has 2 atom stereocenters. The highest BCUT2D eigenvalue weighted by molar-refractivity contribution is 5.87. The maximum Gasteiger partial charge on any atom is 0.328 e. The maximum atomic E-state index is 11.5. The van der Waals surface area contributed by atoms with Crippen molar-refractivity contribution in [3.05, 3.63) is 10.1 Å². The van der Waals surface area contributed by atoms with Gasteiger partial charge in [-0.3, -0.25) is 4.79 Å². The number of carbonyl (C=O) groups excluding carboxylic acids is 2. The fourth-order valence-corrected chi connectivity index (χ4v) is 1.32. The van der Waals surface area contributed by atoms with Gasteiger partial charge in [0.2, 0.25) is 5.91 Å². The second kappa shape index (κ2) is 9.47. The highest BCUT2D eigenvalue weighted by Gasteiger charge is 2.22. The largest absolute Gasteiger partial charge is 0.467 e. The van der Waals surface area contributed by atoms with E-state index in [9.17, 15) is 19.7 Å². The van der Waals surface area contributed by atoms with Gasteiger partial charge in [-0.05, 0) is 19.8 Å². The van der Waals surface area contributed by atoms with Gasteiger partial charge in [0.1, 0.15) is 6.04 Å². The molecule has 0 aliphatic heterocycles. The maximum absolute atomic E-state index is 11.5. The number of nitrogens with one attached hydrogen (secondary N) is 2. The van der Waals surface area contributed by atoms with Gasteiger partial charge in [0.25, 0.3) is 5.96 Å². The van der Waals surface area contributed by atoms with Crippen LogP contribution in [-0.4, -0.2) is 48.6 Å².